The standard InChI is InChI=1S/C20H28FN3O2S/c1-20(2,3)22-19(26)23-10-8-14(9-11-23)12-24-17(25)13-27-18(24)15-4-6-16(21)7-5-15/h4-7,14,18H,8-13H2,1-3H3,(H,22,26)/t18-/m1/s1. The Morgan fingerprint density at radius 3 is 2.44 bits per heavy atom. The minimum atomic E-state index is -0.263. The molecule has 1 atom stereocenters. The van der Waals surface area contributed by atoms with Crippen molar-refractivity contribution in [2.45, 2.75) is 44.5 Å². The number of urea groups is 1. The number of likely N-dealkylation sites (tertiary alicyclic amines) is 1. The highest BCUT2D eigenvalue weighted by atomic mass is 32.2. The van der Waals surface area contributed by atoms with Crippen LogP contribution in [0.15, 0.2) is 24.3 Å². The fourth-order valence-corrected chi connectivity index (χ4v) is 4.75. The molecule has 0 unspecified atom stereocenters. The van der Waals surface area contributed by atoms with Gasteiger partial charge >= 0.3 is 6.03 Å². The molecule has 5 nitrogen and oxygen atoms in total. The summed E-state index contributed by atoms with van der Waals surface area (Å²) < 4.78 is 13.2. The zero-order valence-electron chi connectivity index (χ0n) is 16.2. The molecule has 7 heteroatoms. The van der Waals surface area contributed by atoms with Crippen LogP contribution in [0.5, 0.6) is 0 Å². The molecule has 1 aromatic carbocycles. The Morgan fingerprint density at radius 1 is 1.22 bits per heavy atom. The lowest BCUT2D eigenvalue weighted by Crippen LogP contribution is -2.51. The zero-order valence-corrected chi connectivity index (χ0v) is 17.0. The van der Waals surface area contributed by atoms with Gasteiger partial charge in [0.25, 0.3) is 0 Å². The minimum absolute atomic E-state index is 0.0158. The summed E-state index contributed by atoms with van der Waals surface area (Å²) in [7, 11) is 0. The molecule has 0 saturated carbocycles. The molecular weight excluding hydrogens is 365 g/mol. The normalized spacial score (nSPS) is 21.6. The summed E-state index contributed by atoms with van der Waals surface area (Å²) in [6, 6.07) is 6.40. The van der Waals surface area contributed by atoms with Crippen LogP contribution in [0, 0.1) is 11.7 Å². The van der Waals surface area contributed by atoms with E-state index in [1.54, 1.807) is 23.9 Å². The van der Waals surface area contributed by atoms with E-state index in [1.807, 2.05) is 30.6 Å². The Balaban J connectivity index is 1.56. The van der Waals surface area contributed by atoms with E-state index in [0.717, 1.165) is 18.4 Å². The fourth-order valence-electron chi connectivity index (χ4n) is 3.55. The molecule has 3 rings (SSSR count). The molecule has 0 aliphatic carbocycles. The lowest BCUT2D eigenvalue weighted by Gasteiger charge is -2.36. The molecule has 1 aromatic rings. The quantitative estimate of drug-likeness (QED) is 0.853. The first kappa shape index (κ1) is 20.0. The maximum atomic E-state index is 13.2. The molecule has 2 aliphatic rings. The summed E-state index contributed by atoms with van der Waals surface area (Å²) >= 11 is 1.60. The Hall–Kier alpha value is -1.76. The number of benzene rings is 1. The molecule has 3 amide bonds. The number of halogens is 1. The largest absolute Gasteiger partial charge is 0.333 e. The molecule has 0 bridgehead atoms. The fraction of sp³-hybridized carbons (Fsp3) is 0.600. The number of amides is 3. The van der Waals surface area contributed by atoms with E-state index in [2.05, 4.69) is 5.32 Å². The average molecular weight is 394 g/mol. The molecule has 2 aliphatic heterocycles. The monoisotopic (exact) mass is 393 g/mol. The molecule has 148 valence electrons. The summed E-state index contributed by atoms with van der Waals surface area (Å²) in [6.45, 7) is 8.05. The van der Waals surface area contributed by atoms with Gasteiger partial charge in [-0.3, -0.25) is 4.79 Å². The third kappa shape index (κ3) is 5.15. The van der Waals surface area contributed by atoms with Gasteiger partial charge in [-0.2, -0.15) is 0 Å². The molecule has 1 N–H and O–H groups in total. The van der Waals surface area contributed by atoms with Gasteiger partial charge < -0.3 is 15.1 Å². The molecule has 0 radical (unpaired) electrons. The third-order valence-electron chi connectivity index (χ3n) is 4.96. The van der Waals surface area contributed by atoms with Crippen LogP contribution in [-0.4, -0.2) is 52.7 Å². The number of piperidine rings is 1. The second-order valence-electron chi connectivity index (χ2n) is 8.37. The summed E-state index contributed by atoms with van der Waals surface area (Å²) in [4.78, 5) is 28.5. The maximum Gasteiger partial charge on any atom is 0.317 e. The number of nitrogens with zero attached hydrogens (tertiary/aromatic N) is 2. The molecule has 0 aromatic heterocycles. The first-order valence-corrected chi connectivity index (χ1v) is 10.5. The van der Waals surface area contributed by atoms with Crippen LogP contribution in [-0.2, 0) is 4.79 Å². The lowest BCUT2D eigenvalue weighted by atomic mass is 9.96. The molecule has 2 fully saturated rings. The van der Waals surface area contributed by atoms with Crippen molar-refractivity contribution in [3.63, 3.8) is 0 Å². The van der Waals surface area contributed by atoms with Gasteiger partial charge in [0, 0.05) is 25.2 Å². The third-order valence-corrected chi connectivity index (χ3v) is 6.22. The van der Waals surface area contributed by atoms with Crippen molar-refractivity contribution in [1.82, 2.24) is 15.1 Å². The molecule has 27 heavy (non-hydrogen) atoms. The summed E-state index contributed by atoms with van der Waals surface area (Å²) in [6.07, 6.45) is 1.78. The van der Waals surface area contributed by atoms with Crippen LogP contribution >= 0.6 is 11.8 Å². The van der Waals surface area contributed by atoms with Crippen molar-refractivity contribution in [3.8, 4) is 0 Å². The van der Waals surface area contributed by atoms with Gasteiger partial charge in [0.1, 0.15) is 11.2 Å². The van der Waals surface area contributed by atoms with Gasteiger partial charge in [0.15, 0.2) is 0 Å². The predicted octanol–water partition coefficient (Wildman–Crippen LogP) is 3.62. The average Bonchev–Trinajstić information content (AvgIpc) is 2.95. The van der Waals surface area contributed by atoms with Crippen LogP contribution < -0.4 is 5.32 Å². The number of carbonyl (C=O) groups is 2. The van der Waals surface area contributed by atoms with E-state index in [0.29, 0.717) is 31.3 Å². The van der Waals surface area contributed by atoms with Crippen molar-refractivity contribution in [2.24, 2.45) is 5.92 Å². The van der Waals surface area contributed by atoms with Gasteiger partial charge in [-0.1, -0.05) is 12.1 Å². The SMILES string of the molecule is CC(C)(C)NC(=O)N1CCC(CN2C(=O)CS[C@@H]2c2ccc(F)cc2)CC1. The predicted molar refractivity (Wildman–Crippen MR) is 106 cm³/mol. The Morgan fingerprint density at radius 2 is 1.85 bits per heavy atom. The van der Waals surface area contributed by atoms with E-state index in [9.17, 15) is 14.0 Å². The van der Waals surface area contributed by atoms with Crippen molar-refractivity contribution in [3.05, 3.63) is 35.6 Å². The number of thioether (sulfide) groups is 1. The van der Waals surface area contributed by atoms with Gasteiger partial charge in [-0.05, 0) is 57.2 Å². The molecule has 2 heterocycles. The summed E-state index contributed by atoms with van der Waals surface area (Å²) in [5.74, 6) is 0.728. The van der Waals surface area contributed by atoms with Gasteiger partial charge in [-0.15, -0.1) is 11.8 Å². The second kappa shape index (κ2) is 8.09. The van der Waals surface area contributed by atoms with E-state index in [1.165, 1.54) is 12.1 Å². The zero-order chi connectivity index (χ0) is 19.6. The van der Waals surface area contributed by atoms with Gasteiger partial charge in [0.05, 0.1) is 5.75 Å². The van der Waals surface area contributed by atoms with Crippen LogP contribution in [0.1, 0.15) is 44.6 Å². The van der Waals surface area contributed by atoms with Crippen molar-refractivity contribution in [1.29, 1.82) is 0 Å². The molecular formula is C20H28FN3O2S. The maximum absolute atomic E-state index is 13.2. The molecule has 0 spiro atoms. The number of nitrogens with one attached hydrogen (secondary N) is 1. The highest BCUT2D eigenvalue weighted by molar-refractivity contribution is 8.00. The highest BCUT2D eigenvalue weighted by Crippen LogP contribution is 2.39. The first-order valence-electron chi connectivity index (χ1n) is 9.46. The van der Waals surface area contributed by atoms with Crippen LogP contribution in [0.25, 0.3) is 0 Å². The van der Waals surface area contributed by atoms with Crippen LogP contribution in [0.2, 0.25) is 0 Å². The van der Waals surface area contributed by atoms with Crippen LogP contribution in [0.3, 0.4) is 0 Å². The number of rotatable bonds is 3. The van der Waals surface area contributed by atoms with Crippen molar-refractivity contribution < 1.29 is 14.0 Å². The topological polar surface area (TPSA) is 52.7 Å². The smallest absolute Gasteiger partial charge is 0.317 e. The number of hydrogen-bond donors (Lipinski definition) is 1. The lowest BCUT2D eigenvalue weighted by molar-refractivity contribution is -0.128. The highest BCUT2D eigenvalue weighted by Gasteiger charge is 2.35. The second-order valence-corrected chi connectivity index (χ2v) is 9.44. The Bertz CT molecular complexity index is 681. The Labute approximate surface area is 164 Å². The minimum Gasteiger partial charge on any atom is -0.333 e. The van der Waals surface area contributed by atoms with E-state index < -0.39 is 0 Å². The van der Waals surface area contributed by atoms with Crippen molar-refractivity contribution >= 4 is 23.7 Å². The Kier molecular flexibility index (Phi) is 5.99. The van der Waals surface area contributed by atoms with E-state index in [-0.39, 0.29) is 28.7 Å². The van der Waals surface area contributed by atoms with E-state index >= 15 is 0 Å². The number of hydrogen-bond acceptors (Lipinski definition) is 3. The number of carbonyl (C=O) groups excluding carboxylic acids is 2. The van der Waals surface area contributed by atoms with Gasteiger partial charge in [0.2, 0.25) is 5.91 Å². The first-order chi connectivity index (χ1) is 12.7. The van der Waals surface area contributed by atoms with Crippen molar-refractivity contribution in [2.75, 3.05) is 25.4 Å². The van der Waals surface area contributed by atoms with Crippen LogP contribution in [0.4, 0.5) is 9.18 Å². The van der Waals surface area contributed by atoms with E-state index in [4.69, 9.17) is 0 Å². The molecule has 2 saturated heterocycles. The van der Waals surface area contributed by atoms with Gasteiger partial charge in [-0.25, -0.2) is 9.18 Å². The summed E-state index contributed by atoms with van der Waals surface area (Å²) in [5.41, 5.74) is 0.726. The summed E-state index contributed by atoms with van der Waals surface area (Å²) in [5, 5.41) is 2.96.